The molecule has 26 heavy (non-hydrogen) atoms. The number of anilines is 1. The number of piperazine rings is 1. The summed E-state index contributed by atoms with van der Waals surface area (Å²) in [4.78, 5) is 18.8. The molecule has 138 valence electrons. The summed E-state index contributed by atoms with van der Waals surface area (Å²) in [6.07, 6.45) is 0. The molecule has 1 saturated heterocycles. The largest absolute Gasteiger partial charge is 0.369 e. The van der Waals surface area contributed by atoms with Crippen LogP contribution in [0, 0.1) is 12.7 Å². The van der Waals surface area contributed by atoms with E-state index in [2.05, 4.69) is 41.0 Å². The lowest BCUT2D eigenvalue weighted by Gasteiger charge is -2.36. The van der Waals surface area contributed by atoms with E-state index in [0.717, 1.165) is 31.7 Å². The van der Waals surface area contributed by atoms with Crippen molar-refractivity contribution in [1.82, 2.24) is 9.80 Å². The maximum atomic E-state index is 13.0. The van der Waals surface area contributed by atoms with Crippen LogP contribution in [0.1, 0.15) is 11.1 Å². The van der Waals surface area contributed by atoms with E-state index >= 15 is 0 Å². The first-order valence-corrected chi connectivity index (χ1v) is 9.03. The van der Waals surface area contributed by atoms with E-state index in [4.69, 9.17) is 0 Å². The zero-order valence-corrected chi connectivity index (χ0v) is 15.5. The van der Waals surface area contributed by atoms with E-state index in [0.29, 0.717) is 13.1 Å². The molecule has 1 aliphatic rings. The topological polar surface area (TPSA) is 26.8 Å². The zero-order valence-electron chi connectivity index (χ0n) is 15.5. The van der Waals surface area contributed by atoms with Crippen LogP contribution in [0.25, 0.3) is 0 Å². The highest BCUT2D eigenvalue weighted by Crippen LogP contribution is 2.17. The van der Waals surface area contributed by atoms with Crippen molar-refractivity contribution in [3.8, 4) is 0 Å². The third-order valence-electron chi connectivity index (χ3n) is 4.86. The van der Waals surface area contributed by atoms with Crippen LogP contribution in [0.4, 0.5) is 10.1 Å². The number of nitrogens with zero attached hydrogens (tertiary/aromatic N) is 3. The Morgan fingerprint density at radius 1 is 1.08 bits per heavy atom. The number of hydrogen-bond donors (Lipinski definition) is 0. The molecule has 0 bridgehead atoms. The molecular weight excluding hydrogens is 329 g/mol. The van der Waals surface area contributed by atoms with E-state index in [1.54, 1.807) is 24.1 Å². The second-order valence-corrected chi connectivity index (χ2v) is 6.98. The smallest absolute Gasteiger partial charge is 0.236 e. The second-order valence-electron chi connectivity index (χ2n) is 6.98. The SMILES string of the molecule is Cc1cccc(N2CCN(CC(=O)N(C)Cc3ccc(F)cc3)CC2)c1. The van der Waals surface area contributed by atoms with Gasteiger partial charge < -0.3 is 9.80 Å². The minimum absolute atomic E-state index is 0.0957. The van der Waals surface area contributed by atoms with Gasteiger partial charge in [-0.05, 0) is 42.3 Å². The summed E-state index contributed by atoms with van der Waals surface area (Å²) in [5.41, 5.74) is 3.46. The maximum Gasteiger partial charge on any atom is 0.236 e. The summed E-state index contributed by atoms with van der Waals surface area (Å²) in [6, 6.07) is 14.8. The van der Waals surface area contributed by atoms with E-state index in [1.165, 1.54) is 23.4 Å². The standard InChI is InChI=1S/C21H26FN3O/c1-17-4-3-5-20(14-17)25-12-10-24(11-13-25)16-21(26)23(2)15-18-6-8-19(22)9-7-18/h3-9,14H,10-13,15-16H2,1-2H3. The number of likely N-dealkylation sites (N-methyl/N-ethyl adjacent to an activating group) is 1. The predicted molar refractivity (Wildman–Crippen MR) is 103 cm³/mol. The van der Waals surface area contributed by atoms with Crippen molar-refractivity contribution in [1.29, 1.82) is 0 Å². The molecule has 0 radical (unpaired) electrons. The molecular formula is C21H26FN3O. The molecule has 1 aliphatic heterocycles. The molecule has 2 aromatic carbocycles. The van der Waals surface area contributed by atoms with Gasteiger partial charge in [-0.25, -0.2) is 4.39 Å². The van der Waals surface area contributed by atoms with Gasteiger partial charge in [0.05, 0.1) is 6.54 Å². The van der Waals surface area contributed by atoms with Crippen LogP contribution >= 0.6 is 0 Å². The van der Waals surface area contributed by atoms with Crippen LogP contribution in [0.2, 0.25) is 0 Å². The lowest BCUT2D eigenvalue weighted by atomic mass is 10.2. The molecule has 0 atom stereocenters. The highest BCUT2D eigenvalue weighted by molar-refractivity contribution is 5.78. The molecule has 1 fully saturated rings. The van der Waals surface area contributed by atoms with Gasteiger partial charge in [0.15, 0.2) is 0 Å². The van der Waals surface area contributed by atoms with Crippen molar-refractivity contribution in [2.75, 3.05) is 44.7 Å². The van der Waals surface area contributed by atoms with Crippen LogP contribution in [-0.4, -0.2) is 55.5 Å². The Hall–Kier alpha value is -2.40. The van der Waals surface area contributed by atoms with Crippen molar-refractivity contribution in [2.24, 2.45) is 0 Å². The number of carbonyl (C=O) groups is 1. The molecule has 2 aromatic rings. The third kappa shape index (κ3) is 4.82. The first-order valence-electron chi connectivity index (χ1n) is 9.03. The van der Waals surface area contributed by atoms with Crippen LogP contribution in [-0.2, 0) is 11.3 Å². The van der Waals surface area contributed by atoms with E-state index < -0.39 is 0 Å². The normalized spacial score (nSPS) is 15.1. The molecule has 0 spiro atoms. The van der Waals surface area contributed by atoms with Crippen molar-refractivity contribution in [2.45, 2.75) is 13.5 Å². The summed E-state index contributed by atoms with van der Waals surface area (Å²) < 4.78 is 13.0. The Balaban J connectivity index is 1.47. The van der Waals surface area contributed by atoms with Crippen LogP contribution in [0.5, 0.6) is 0 Å². The Kier molecular flexibility index (Phi) is 5.89. The summed E-state index contributed by atoms with van der Waals surface area (Å²) in [5.74, 6) is -0.160. The van der Waals surface area contributed by atoms with Crippen molar-refractivity contribution in [3.63, 3.8) is 0 Å². The van der Waals surface area contributed by atoms with Gasteiger partial charge in [0.2, 0.25) is 5.91 Å². The minimum atomic E-state index is -0.255. The summed E-state index contributed by atoms with van der Waals surface area (Å²) in [6.45, 7) is 6.65. The molecule has 5 heteroatoms. The summed E-state index contributed by atoms with van der Waals surface area (Å²) >= 11 is 0. The second kappa shape index (κ2) is 8.32. The quantitative estimate of drug-likeness (QED) is 0.825. The van der Waals surface area contributed by atoms with Gasteiger partial charge in [-0.15, -0.1) is 0 Å². The third-order valence-corrected chi connectivity index (χ3v) is 4.86. The van der Waals surface area contributed by atoms with Crippen LogP contribution < -0.4 is 4.90 Å². The number of amides is 1. The van der Waals surface area contributed by atoms with E-state index in [-0.39, 0.29) is 11.7 Å². The molecule has 0 aliphatic carbocycles. The fourth-order valence-electron chi connectivity index (χ4n) is 3.25. The molecule has 0 unspecified atom stereocenters. The fourth-order valence-corrected chi connectivity index (χ4v) is 3.25. The lowest BCUT2D eigenvalue weighted by molar-refractivity contribution is -0.131. The Morgan fingerprint density at radius 2 is 1.77 bits per heavy atom. The summed E-state index contributed by atoms with van der Waals surface area (Å²) in [7, 11) is 1.80. The Labute approximate surface area is 154 Å². The van der Waals surface area contributed by atoms with Crippen LogP contribution in [0.15, 0.2) is 48.5 Å². The molecule has 0 saturated carbocycles. The highest BCUT2D eigenvalue weighted by Gasteiger charge is 2.20. The predicted octanol–water partition coefficient (Wildman–Crippen LogP) is 2.91. The molecule has 0 aromatic heterocycles. The number of aryl methyl sites for hydroxylation is 1. The zero-order chi connectivity index (χ0) is 18.5. The fraction of sp³-hybridized carbons (Fsp3) is 0.381. The van der Waals surface area contributed by atoms with Gasteiger partial charge in [-0.1, -0.05) is 24.3 Å². The van der Waals surface area contributed by atoms with Crippen molar-refractivity contribution >= 4 is 11.6 Å². The molecule has 3 rings (SSSR count). The Morgan fingerprint density at radius 3 is 2.42 bits per heavy atom. The monoisotopic (exact) mass is 355 g/mol. The minimum Gasteiger partial charge on any atom is -0.369 e. The number of carbonyl (C=O) groups excluding carboxylic acids is 1. The maximum absolute atomic E-state index is 13.0. The van der Waals surface area contributed by atoms with E-state index in [1.807, 2.05) is 0 Å². The van der Waals surface area contributed by atoms with Gasteiger partial charge in [-0.3, -0.25) is 9.69 Å². The van der Waals surface area contributed by atoms with Gasteiger partial charge in [-0.2, -0.15) is 0 Å². The first kappa shape index (κ1) is 18.4. The van der Waals surface area contributed by atoms with Gasteiger partial charge in [0.25, 0.3) is 0 Å². The number of rotatable bonds is 5. The van der Waals surface area contributed by atoms with E-state index in [9.17, 15) is 9.18 Å². The molecule has 0 N–H and O–H groups in total. The molecule has 1 heterocycles. The van der Waals surface area contributed by atoms with Gasteiger partial charge in [0.1, 0.15) is 5.82 Å². The van der Waals surface area contributed by atoms with Gasteiger partial charge >= 0.3 is 0 Å². The van der Waals surface area contributed by atoms with Gasteiger partial charge in [0, 0.05) is 45.5 Å². The highest BCUT2D eigenvalue weighted by atomic mass is 19.1. The van der Waals surface area contributed by atoms with Crippen molar-refractivity contribution in [3.05, 3.63) is 65.5 Å². The molecule has 1 amide bonds. The lowest BCUT2D eigenvalue weighted by Crippen LogP contribution is -2.49. The number of halogens is 1. The molecule has 4 nitrogen and oxygen atoms in total. The van der Waals surface area contributed by atoms with Crippen molar-refractivity contribution < 1.29 is 9.18 Å². The summed E-state index contributed by atoms with van der Waals surface area (Å²) in [5, 5.41) is 0. The average molecular weight is 355 g/mol. The first-order chi connectivity index (χ1) is 12.5. The van der Waals surface area contributed by atoms with Crippen LogP contribution in [0.3, 0.4) is 0 Å². The average Bonchev–Trinajstić information content (AvgIpc) is 2.64. The number of benzene rings is 2. The Bertz CT molecular complexity index is 739. The number of hydrogen-bond acceptors (Lipinski definition) is 3.